The van der Waals surface area contributed by atoms with Gasteiger partial charge in [0.15, 0.2) is 0 Å². The minimum absolute atomic E-state index is 0.160. The number of aryl methyl sites for hydroxylation is 2. The molecule has 0 spiro atoms. The quantitative estimate of drug-likeness (QED) is 0.892. The van der Waals surface area contributed by atoms with Crippen LogP contribution in [0.25, 0.3) is 0 Å². The summed E-state index contributed by atoms with van der Waals surface area (Å²) < 4.78 is 5.08. The zero-order chi connectivity index (χ0) is 18.8. The SMILES string of the molecule is Cc1noc(C)c1CC(=O)Nc1cccc(C(=O)NC(C)(C)C)c1C. The largest absolute Gasteiger partial charge is 0.361 e. The number of anilines is 1. The van der Waals surface area contributed by atoms with Gasteiger partial charge in [-0.1, -0.05) is 11.2 Å². The molecule has 6 heteroatoms. The van der Waals surface area contributed by atoms with Crippen LogP contribution in [0, 0.1) is 20.8 Å². The zero-order valence-electron chi connectivity index (χ0n) is 15.6. The standard InChI is InChI=1S/C19H25N3O3/c1-11-14(18(24)21-19(4,5)6)8-7-9-16(11)20-17(23)10-15-12(2)22-25-13(15)3/h7-9H,10H2,1-6H3,(H,20,23)(H,21,24). The molecule has 1 heterocycles. The van der Waals surface area contributed by atoms with Gasteiger partial charge in [0.2, 0.25) is 5.91 Å². The third kappa shape index (κ3) is 4.68. The van der Waals surface area contributed by atoms with Crippen molar-refractivity contribution in [3.05, 3.63) is 46.3 Å². The van der Waals surface area contributed by atoms with Crippen molar-refractivity contribution in [1.29, 1.82) is 0 Å². The number of hydrogen-bond acceptors (Lipinski definition) is 4. The number of rotatable bonds is 4. The Hall–Kier alpha value is -2.63. The van der Waals surface area contributed by atoms with Gasteiger partial charge in [0.1, 0.15) is 5.76 Å². The highest BCUT2D eigenvalue weighted by molar-refractivity contribution is 6.00. The van der Waals surface area contributed by atoms with Crippen molar-refractivity contribution in [2.24, 2.45) is 0 Å². The number of carbonyl (C=O) groups is 2. The second-order valence-corrected chi connectivity index (χ2v) is 7.21. The molecule has 0 bridgehead atoms. The summed E-state index contributed by atoms with van der Waals surface area (Å²) in [6.07, 6.45) is 0.180. The van der Waals surface area contributed by atoms with Crippen LogP contribution in [0.3, 0.4) is 0 Å². The first-order valence-electron chi connectivity index (χ1n) is 8.22. The molecular weight excluding hydrogens is 318 g/mol. The lowest BCUT2D eigenvalue weighted by molar-refractivity contribution is -0.115. The highest BCUT2D eigenvalue weighted by Gasteiger charge is 2.19. The third-order valence-corrected chi connectivity index (χ3v) is 3.86. The van der Waals surface area contributed by atoms with E-state index in [4.69, 9.17) is 4.52 Å². The van der Waals surface area contributed by atoms with E-state index in [0.29, 0.717) is 22.7 Å². The van der Waals surface area contributed by atoms with Crippen molar-refractivity contribution in [1.82, 2.24) is 10.5 Å². The number of carbonyl (C=O) groups excluding carboxylic acids is 2. The first-order chi connectivity index (χ1) is 11.6. The summed E-state index contributed by atoms with van der Waals surface area (Å²) in [6, 6.07) is 5.30. The maximum atomic E-state index is 12.4. The average Bonchev–Trinajstić information content (AvgIpc) is 2.79. The van der Waals surface area contributed by atoms with Crippen LogP contribution in [0.15, 0.2) is 22.7 Å². The van der Waals surface area contributed by atoms with Crippen molar-refractivity contribution >= 4 is 17.5 Å². The third-order valence-electron chi connectivity index (χ3n) is 3.86. The summed E-state index contributed by atoms with van der Waals surface area (Å²) in [6.45, 7) is 11.2. The molecule has 1 aromatic heterocycles. The zero-order valence-corrected chi connectivity index (χ0v) is 15.6. The monoisotopic (exact) mass is 343 g/mol. The summed E-state index contributed by atoms with van der Waals surface area (Å²) in [5.41, 5.74) is 3.07. The van der Waals surface area contributed by atoms with Gasteiger partial charge in [-0.05, 0) is 59.2 Å². The van der Waals surface area contributed by atoms with E-state index in [-0.39, 0.29) is 23.8 Å². The summed E-state index contributed by atoms with van der Waals surface area (Å²) in [4.78, 5) is 24.8. The van der Waals surface area contributed by atoms with E-state index in [9.17, 15) is 9.59 Å². The first-order valence-corrected chi connectivity index (χ1v) is 8.22. The van der Waals surface area contributed by atoms with Gasteiger partial charge in [0.25, 0.3) is 5.91 Å². The highest BCUT2D eigenvalue weighted by atomic mass is 16.5. The molecule has 0 saturated carbocycles. The van der Waals surface area contributed by atoms with E-state index in [1.54, 1.807) is 25.1 Å². The predicted octanol–water partition coefficient (Wildman–Crippen LogP) is 3.31. The number of nitrogens with one attached hydrogen (secondary N) is 2. The average molecular weight is 343 g/mol. The molecule has 0 radical (unpaired) electrons. The second kappa shape index (κ2) is 7.09. The van der Waals surface area contributed by atoms with Crippen LogP contribution in [0.1, 0.15) is 53.7 Å². The van der Waals surface area contributed by atoms with Crippen LogP contribution in [-0.2, 0) is 11.2 Å². The Morgan fingerprint density at radius 2 is 1.84 bits per heavy atom. The molecule has 0 atom stereocenters. The van der Waals surface area contributed by atoms with Crippen LogP contribution in [0.5, 0.6) is 0 Å². The van der Waals surface area contributed by atoms with E-state index >= 15 is 0 Å². The van der Waals surface area contributed by atoms with Crippen molar-refractivity contribution in [2.45, 2.75) is 53.5 Å². The van der Waals surface area contributed by atoms with Crippen molar-refractivity contribution in [3.8, 4) is 0 Å². The number of aromatic nitrogens is 1. The highest BCUT2D eigenvalue weighted by Crippen LogP contribution is 2.21. The Bertz CT molecular complexity index is 781. The Balaban J connectivity index is 2.16. The van der Waals surface area contributed by atoms with Crippen LogP contribution in [0.2, 0.25) is 0 Å². The van der Waals surface area contributed by atoms with E-state index in [1.165, 1.54) is 0 Å². The Morgan fingerprint density at radius 3 is 2.40 bits per heavy atom. The molecule has 0 saturated heterocycles. The molecule has 2 N–H and O–H groups in total. The summed E-state index contributed by atoms with van der Waals surface area (Å²) in [5.74, 6) is 0.306. The fourth-order valence-corrected chi connectivity index (χ4v) is 2.53. The molecule has 2 amide bonds. The van der Waals surface area contributed by atoms with Crippen LogP contribution in [0.4, 0.5) is 5.69 Å². The lowest BCUT2D eigenvalue weighted by Crippen LogP contribution is -2.40. The van der Waals surface area contributed by atoms with Crippen molar-refractivity contribution in [3.63, 3.8) is 0 Å². The Morgan fingerprint density at radius 1 is 1.16 bits per heavy atom. The fourth-order valence-electron chi connectivity index (χ4n) is 2.53. The minimum atomic E-state index is -0.327. The number of benzene rings is 1. The van der Waals surface area contributed by atoms with Gasteiger partial charge in [-0.3, -0.25) is 9.59 Å². The first kappa shape index (κ1) is 18.7. The molecular formula is C19H25N3O3. The summed E-state index contributed by atoms with van der Waals surface area (Å²) in [5, 5.41) is 9.67. The Kier molecular flexibility index (Phi) is 5.30. The summed E-state index contributed by atoms with van der Waals surface area (Å²) in [7, 11) is 0. The minimum Gasteiger partial charge on any atom is -0.361 e. The van der Waals surface area contributed by atoms with Crippen LogP contribution in [-0.4, -0.2) is 22.5 Å². The molecule has 25 heavy (non-hydrogen) atoms. The lowest BCUT2D eigenvalue weighted by atomic mass is 10.0. The molecule has 0 fully saturated rings. The van der Waals surface area contributed by atoms with Gasteiger partial charge in [0, 0.05) is 22.4 Å². The topological polar surface area (TPSA) is 84.2 Å². The fraction of sp³-hybridized carbons (Fsp3) is 0.421. The molecule has 1 aromatic carbocycles. The van der Waals surface area contributed by atoms with Gasteiger partial charge in [-0.2, -0.15) is 0 Å². The predicted molar refractivity (Wildman–Crippen MR) is 96.7 cm³/mol. The van der Waals surface area contributed by atoms with Gasteiger partial charge >= 0.3 is 0 Å². The molecule has 2 rings (SSSR count). The molecule has 134 valence electrons. The molecule has 0 aliphatic rings. The molecule has 0 aliphatic carbocycles. The van der Waals surface area contributed by atoms with Gasteiger partial charge in [-0.25, -0.2) is 0 Å². The molecule has 6 nitrogen and oxygen atoms in total. The lowest BCUT2D eigenvalue weighted by Gasteiger charge is -2.21. The second-order valence-electron chi connectivity index (χ2n) is 7.21. The van der Waals surface area contributed by atoms with E-state index < -0.39 is 0 Å². The maximum Gasteiger partial charge on any atom is 0.252 e. The summed E-state index contributed by atoms with van der Waals surface area (Å²) >= 11 is 0. The number of amides is 2. The van der Waals surface area contributed by atoms with Gasteiger partial charge < -0.3 is 15.2 Å². The van der Waals surface area contributed by atoms with Crippen LogP contribution < -0.4 is 10.6 Å². The molecule has 2 aromatic rings. The van der Waals surface area contributed by atoms with E-state index in [1.807, 2.05) is 34.6 Å². The Labute approximate surface area is 148 Å². The van der Waals surface area contributed by atoms with Crippen molar-refractivity contribution < 1.29 is 14.1 Å². The number of nitrogens with zero attached hydrogens (tertiary/aromatic N) is 1. The van der Waals surface area contributed by atoms with E-state index in [0.717, 1.165) is 11.1 Å². The smallest absolute Gasteiger partial charge is 0.252 e. The normalized spacial score (nSPS) is 11.3. The van der Waals surface area contributed by atoms with Crippen LogP contribution >= 0.6 is 0 Å². The number of hydrogen-bond donors (Lipinski definition) is 2. The van der Waals surface area contributed by atoms with Crippen molar-refractivity contribution in [2.75, 3.05) is 5.32 Å². The van der Waals surface area contributed by atoms with Gasteiger partial charge in [0.05, 0.1) is 12.1 Å². The molecule has 0 aliphatic heterocycles. The van der Waals surface area contributed by atoms with Gasteiger partial charge in [-0.15, -0.1) is 0 Å². The molecule has 0 unspecified atom stereocenters. The maximum absolute atomic E-state index is 12.4. The van der Waals surface area contributed by atoms with E-state index in [2.05, 4.69) is 15.8 Å².